The fraction of sp³-hybridized carbons (Fsp3) is 0.250. The van der Waals surface area contributed by atoms with E-state index in [9.17, 15) is 14.4 Å². The van der Waals surface area contributed by atoms with Crippen molar-refractivity contribution in [1.82, 2.24) is 73.5 Å². The number of aromatic amines is 3. The lowest BCUT2D eigenvalue weighted by Crippen LogP contribution is -2.33. The Morgan fingerprint density at radius 2 is 0.814 bits per heavy atom. The van der Waals surface area contributed by atoms with Crippen LogP contribution in [0.25, 0.3) is 71.5 Å². The van der Waals surface area contributed by atoms with Gasteiger partial charge in [-0.2, -0.15) is 13.5 Å². The van der Waals surface area contributed by atoms with E-state index in [1.54, 1.807) is 23.5 Å². The van der Waals surface area contributed by atoms with Gasteiger partial charge in [0.05, 0.1) is 53.3 Å². The number of pyridine rings is 3. The maximum absolute atomic E-state index is 13.6. The van der Waals surface area contributed by atoms with Crippen LogP contribution in [0.1, 0.15) is 117 Å². The van der Waals surface area contributed by atoms with Crippen molar-refractivity contribution in [3.8, 4) is 5.69 Å². The highest BCUT2D eigenvalue weighted by Crippen LogP contribution is 2.38. The molecule has 21 nitrogen and oxygen atoms in total. The summed E-state index contributed by atoms with van der Waals surface area (Å²) in [6.07, 6.45) is 14.7. The highest BCUT2D eigenvalue weighted by Gasteiger charge is 2.31. The standard InChI is InChI=1S/C23H20N6O.C21H22N6O.C20H20N6O.H2S/c1-14-7-6-8-16-11-18(29(23(30)19(14)16)17-9-4-3-5-10-17)15(2)28-22-20-21(25-12-24-20)26-13-27-22;1-12-5-3-6-14-9-16(27(15-7-4-8-15)21(28)17(12)14)13(2)26-20-18-19(23-10-22-18)24-11-25-20;1-11-4-3-5-13-8-15(26(14-6-7-14)20(27)16(11)13)12(2)25-19-17-18(22-9-21-17)23-10-24-19;/h3-13,15H,1-2H3,(H2,24,25,26,27,28);3,5-6,9-11,13,15H,4,7-8H2,1-2H3,(H2,22,23,24,25,26);3-5,8-10,12,14H,6-7H2,1-2H3,(H2,21,22,23,24,25);1H2/t15-;13-;12-;/m000./s1. The first-order valence-corrected chi connectivity index (χ1v) is 28.6. The van der Waals surface area contributed by atoms with Crippen LogP contribution in [0.4, 0.5) is 17.5 Å². The average molecular weight is 1170 g/mol. The van der Waals surface area contributed by atoms with Gasteiger partial charge in [-0.15, -0.1) is 0 Å². The molecule has 0 radical (unpaired) electrons. The average Bonchev–Trinajstić information content (AvgIpc) is 2.46. The molecule has 9 aromatic heterocycles. The number of fused-ring (bicyclic) bond motifs is 6. The molecule has 86 heavy (non-hydrogen) atoms. The lowest BCUT2D eigenvalue weighted by atomic mass is 9.91. The number of aromatic nitrogens is 15. The molecule has 0 saturated heterocycles. The fourth-order valence-electron chi connectivity index (χ4n) is 11.7. The quantitative estimate of drug-likeness (QED) is 0.0664. The molecule has 0 unspecified atom stereocenters. The minimum atomic E-state index is -0.204. The molecule has 6 N–H and O–H groups in total. The summed E-state index contributed by atoms with van der Waals surface area (Å²) < 4.78 is 5.75. The molecular formula is C64H64N18O3S. The first kappa shape index (κ1) is 56.4. The number of imidazole rings is 3. The van der Waals surface area contributed by atoms with Crippen molar-refractivity contribution in [2.24, 2.45) is 0 Å². The van der Waals surface area contributed by atoms with Crippen molar-refractivity contribution >= 4 is 96.8 Å². The summed E-state index contributed by atoms with van der Waals surface area (Å²) in [5.41, 5.74) is 10.9. The van der Waals surface area contributed by atoms with E-state index in [1.165, 1.54) is 25.4 Å². The van der Waals surface area contributed by atoms with Gasteiger partial charge in [-0.05, 0) is 137 Å². The van der Waals surface area contributed by atoms with Crippen LogP contribution in [0.3, 0.4) is 0 Å². The third kappa shape index (κ3) is 10.6. The predicted molar refractivity (Wildman–Crippen MR) is 343 cm³/mol. The van der Waals surface area contributed by atoms with Gasteiger partial charge in [-0.3, -0.25) is 19.0 Å². The molecule has 4 aromatic carbocycles. The van der Waals surface area contributed by atoms with E-state index in [-0.39, 0.29) is 54.3 Å². The Balaban J connectivity index is 0.000000126. The Morgan fingerprint density at radius 3 is 1.20 bits per heavy atom. The molecule has 13 aromatic rings. The minimum absolute atomic E-state index is 0. The number of para-hydroxylation sites is 1. The van der Waals surface area contributed by atoms with Gasteiger partial charge in [-0.1, -0.05) is 72.8 Å². The zero-order valence-electron chi connectivity index (χ0n) is 48.3. The molecule has 2 aliphatic carbocycles. The van der Waals surface area contributed by atoms with Crippen LogP contribution in [-0.4, -0.2) is 73.5 Å². The van der Waals surface area contributed by atoms with E-state index in [2.05, 4.69) is 108 Å². The van der Waals surface area contributed by atoms with Gasteiger partial charge in [0.25, 0.3) is 16.7 Å². The van der Waals surface area contributed by atoms with E-state index in [0.717, 1.165) is 114 Å². The van der Waals surface area contributed by atoms with E-state index >= 15 is 0 Å². The molecule has 2 saturated carbocycles. The molecule has 2 aliphatic rings. The molecule has 0 amide bonds. The van der Waals surface area contributed by atoms with Crippen LogP contribution in [0.5, 0.6) is 0 Å². The number of H-pyrrole nitrogens is 3. The topological polar surface area (TPSA) is 265 Å². The molecule has 0 spiro atoms. The van der Waals surface area contributed by atoms with Crippen LogP contribution < -0.4 is 32.6 Å². The fourth-order valence-corrected chi connectivity index (χ4v) is 11.7. The van der Waals surface area contributed by atoms with E-state index in [0.29, 0.717) is 40.4 Å². The van der Waals surface area contributed by atoms with Crippen molar-refractivity contribution in [2.45, 2.75) is 104 Å². The maximum atomic E-state index is 13.6. The van der Waals surface area contributed by atoms with Gasteiger partial charge in [0.2, 0.25) is 0 Å². The second-order valence-electron chi connectivity index (χ2n) is 22.0. The van der Waals surface area contributed by atoms with Gasteiger partial charge in [0, 0.05) is 34.9 Å². The monoisotopic (exact) mass is 1160 g/mol. The molecule has 15 rings (SSSR count). The maximum Gasteiger partial charge on any atom is 0.263 e. The van der Waals surface area contributed by atoms with Crippen LogP contribution in [0.15, 0.2) is 155 Å². The third-order valence-corrected chi connectivity index (χ3v) is 16.3. The summed E-state index contributed by atoms with van der Waals surface area (Å²) >= 11 is 0. The van der Waals surface area contributed by atoms with Gasteiger partial charge in [0.1, 0.15) is 35.5 Å². The van der Waals surface area contributed by atoms with E-state index < -0.39 is 0 Å². The lowest BCUT2D eigenvalue weighted by molar-refractivity contribution is 0.298. The Morgan fingerprint density at radius 1 is 0.442 bits per heavy atom. The first-order chi connectivity index (χ1) is 41.4. The van der Waals surface area contributed by atoms with Crippen LogP contribution in [0.2, 0.25) is 0 Å². The molecule has 0 aliphatic heterocycles. The van der Waals surface area contributed by atoms with Crippen molar-refractivity contribution in [1.29, 1.82) is 0 Å². The van der Waals surface area contributed by atoms with Gasteiger partial charge in [0.15, 0.2) is 34.4 Å². The van der Waals surface area contributed by atoms with Gasteiger partial charge in [-0.25, -0.2) is 44.9 Å². The lowest BCUT2D eigenvalue weighted by Gasteiger charge is -2.32. The summed E-state index contributed by atoms with van der Waals surface area (Å²) in [6, 6.07) is 34.2. The number of aryl methyl sites for hydroxylation is 3. The molecule has 2 fully saturated rings. The Bertz CT molecular complexity index is 4850. The molecule has 9 heterocycles. The normalized spacial score (nSPS) is 14.2. The summed E-state index contributed by atoms with van der Waals surface area (Å²) in [5.74, 6) is 2.01. The number of benzene rings is 4. The number of rotatable bonds is 12. The number of anilines is 3. The summed E-state index contributed by atoms with van der Waals surface area (Å²) in [7, 11) is 0. The van der Waals surface area contributed by atoms with Crippen molar-refractivity contribution in [3.05, 3.63) is 206 Å². The first-order valence-electron chi connectivity index (χ1n) is 28.6. The summed E-state index contributed by atoms with van der Waals surface area (Å²) in [4.78, 5) is 87.7. The highest BCUT2D eigenvalue weighted by atomic mass is 32.1. The molecular weight excluding hydrogens is 1100 g/mol. The van der Waals surface area contributed by atoms with Gasteiger partial charge >= 0.3 is 0 Å². The SMILES string of the molecule is Cc1cccc2cc([C@H](C)Nc3ncnc4nc[nH]c34)n(-c3ccccc3)c(=O)c12.Cc1cccc2cc([C@H](C)Nc3ncnc4nc[nH]c34)n(C3CC3)c(=O)c12.Cc1cccc2cc([C@H](C)Nc3ncnc4nc[nH]c34)n(C3CCC3)c(=O)c12.S. The zero-order valence-corrected chi connectivity index (χ0v) is 49.3. The Hall–Kier alpha value is -10.1. The summed E-state index contributed by atoms with van der Waals surface area (Å²) in [5, 5.41) is 15.6. The number of nitrogens with zero attached hydrogens (tertiary/aromatic N) is 12. The second kappa shape index (κ2) is 23.5. The largest absolute Gasteiger partial charge is 0.360 e. The third-order valence-electron chi connectivity index (χ3n) is 16.3. The second-order valence-corrected chi connectivity index (χ2v) is 22.0. The number of nitrogens with one attached hydrogen (secondary N) is 6. The van der Waals surface area contributed by atoms with Gasteiger partial charge < -0.3 is 40.0 Å². The van der Waals surface area contributed by atoms with Crippen LogP contribution in [0, 0.1) is 20.8 Å². The highest BCUT2D eigenvalue weighted by molar-refractivity contribution is 7.59. The number of hydrogen-bond donors (Lipinski definition) is 6. The molecule has 22 heteroatoms. The summed E-state index contributed by atoms with van der Waals surface area (Å²) in [6.45, 7) is 12.1. The van der Waals surface area contributed by atoms with Crippen LogP contribution in [-0.2, 0) is 0 Å². The smallest absolute Gasteiger partial charge is 0.263 e. The molecule has 434 valence electrons. The molecule has 0 bridgehead atoms. The Kier molecular flexibility index (Phi) is 15.4. The predicted octanol–water partition coefficient (Wildman–Crippen LogP) is 11.6. The molecule has 3 atom stereocenters. The minimum Gasteiger partial charge on any atom is -0.360 e. The van der Waals surface area contributed by atoms with E-state index in [1.807, 2.05) is 122 Å². The Labute approximate surface area is 499 Å². The van der Waals surface area contributed by atoms with Crippen molar-refractivity contribution in [3.63, 3.8) is 0 Å². The van der Waals surface area contributed by atoms with Crippen molar-refractivity contribution < 1.29 is 0 Å². The van der Waals surface area contributed by atoms with Crippen molar-refractivity contribution in [2.75, 3.05) is 16.0 Å². The van der Waals surface area contributed by atoms with E-state index in [4.69, 9.17) is 0 Å². The zero-order chi connectivity index (χ0) is 58.5. The van der Waals surface area contributed by atoms with Crippen LogP contribution >= 0.6 is 13.5 Å². The number of hydrogen-bond acceptors (Lipinski definition) is 15.